The van der Waals surface area contributed by atoms with Crippen molar-refractivity contribution in [1.82, 2.24) is 0 Å². The molecule has 0 saturated heterocycles. The normalized spacial score (nSPS) is 12.0. The van der Waals surface area contributed by atoms with E-state index in [-0.39, 0.29) is 5.78 Å². The summed E-state index contributed by atoms with van der Waals surface area (Å²) in [6.07, 6.45) is 5.00. The van der Waals surface area contributed by atoms with E-state index >= 15 is 0 Å². The summed E-state index contributed by atoms with van der Waals surface area (Å²) in [5.74, 6) is 0.0324. The summed E-state index contributed by atoms with van der Waals surface area (Å²) in [7, 11) is 0. The maximum atomic E-state index is 10.8. The minimum atomic E-state index is 0.0324. The Kier molecular flexibility index (Phi) is 3.96. The molecular formula is C9H13NO. The fourth-order valence-corrected chi connectivity index (χ4v) is 0.614. The smallest absolute Gasteiger partial charge is 0.159 e. The Morgan fingerprint density at radius 1 is 1.45 bits per heavy atom. The number of ketones is 1. The van der Waals surface area contributed by atoms with Crippen molar-refractivity contribution in [2.75, 3.05) is 0 Å². The monoisotopic (exact) mass is 151 g/mol. The average Bonchev–Trinajstić information content (AvgIpc) is 1.87. The van der Waals surface area contributed by atoms with Gasteiger partial charge in [0, 0.05) is 11.3 Å². The lowest BCUT2D eigenvalue weighted by molar-refractivity contribution is -0.113. The molecule has 2 nitrogen and oxygen atoms in total. The summed E-state index contributed by atoms with van der Waals surface area (Å²) in [5, 5.41) is 0. The molecule has 60 valence electrons. The van der Waals surface area contributed by atoms with Crippen molar-refractivity contribution in [2.45, 2.75) is 13.8 Å². The van der Waals surface area contributed by atoms with Crippen LogP contribution in [0.25, 0.3) is 0 Å². The Hall–Kier alpha value is -1.31. The third-order valence-corrected chi connectivity index (χ3v) is 1.19. The summed E-state index contributed by atoms with van der Waals surface area (Å²) in [5.41, 5.74) is 6.38. The Morgan fingerprint density at radius 3 is 2.27 bits per heavy atom. The van der Waals surface area contributed by atoms with Gasteiger partial charge in [-0.3, -0.25) is 4.79 Å². The minimum Gasteiger partial charge on any atom is -0.399 e. The molecule has 0 heterocycles. The Labute approximate surface area is 67.1 Å². The molecule has 0 aliphatic carbocycles. The number of Topliss-reactive ketones (excluding diaryl/α,β-unsaturated/α-hetero) is 1. The first-order valence-corrected chi connectivity index (χ1v) is 3.37. The van der Waals surface area contributed by atoms with Gasteiger partial charge in [-0.25, -0.2) is 0 Å². The van der Waals surface area contributed by atoms with Crippen LogP contribution in [0.1, 0.15) is 13.8 Å². The summed E-state index contributed by atoms with van der Waals surface area (Å²) in [6.45, 7) is 6.79. The molecular weight excluding hydrogens is 138 g/mol. The van der Waals surface area contributed by atoms with Crippen LogP contribution in [-0.2, 0) is 4.79 Å². The van der Waals surface area contributed by atoms with E-state index < -0.39 is 0 Å². The van der Waals surface area contributed by atoms with Crippen molar-refractivity contribution >= 4 is 5.78 Å². The lowest BCUT2D eigenvalue weighted by Crippen LogP contribution is -1.94. The molecule has 0 rings (SSSR count). The van der Waals surface area contributed by atoms with E-state index in [2.05, 4.69) is 6.58 Å². The molecule has 0 spiro atoms. The van der Waals surface area contributed by atoms with Crippen LogP contribution in [-0.4, -0.2) is 5.78 Å². The van der Waals surface area contributed by atoms with E-state index in [0.717, 1.165) is 0 Å². The largest absolute Gasteiger partial charge is 0.399 e. The van der Waals surface area contributed by atoms with Gasteiger partial charge in [0.15, 0.2) is 5.78 Å². The average molecular weight is 151 g/mol. The molecule has 2 N–H and O–H groups in total. The van der Waals surface area contributed by atoms with E-state index in [1.54, 1.807) is 25.2 Å². The van der Waals surface area contributed by atoms with Crippen LogP contribution in [0, 0.1) is 0 Å². The lowest BCUT2D eigenvalue weighted by atomic mass is 10.1. The molecule has 0 saturated carbocycles. The van der Waals surface area contributed by atoms with E-state index in [1.165, 1.54) is 6.92 Å². The van der Waals surface area contributed by atoms with Gasteiger partial charge < -0.3 is 5.73 Å². The standard InChI is InChI=1S/C9H13NO/c1-4-9(8(3)11)6-5-7(2)10/h4-6H,2,10H2,1,3H3/b6-5-,9-4+. The van der Waals surface area contributed by atoms with Gasteiger partial charge in [-0.15, -0.1) is 0 Å². The highest BCUT2D eigenvalue weighted by atomic mass is 16.1. The minimum absolute atomic E-state index is 0.0324. The van der Waals surface area contributed by atoms with Crippen LogP contribution < -0.4 is 5.73 Å². The van der Waals surface area contributed by atoms with E-state index in [0.29, 0.717) is 11.3 Å². The first-order valence-electron chi connectivity index (χ1n) is 3.37. The van der Waals surface area contributed by atoms with Crippen molar-refractivity contribution in [3.63, 3.8) is 0 Å². The molecule has 0 fully saturated rings. The molecule has 11 heavy (non-hydrogen) atoms. The Morgan fingerprint density at radius 2 is 2.00 bits per heavy atom. The zero-order valence-corrected chi connectivity index (χ0v) is 6.92. The van der Waals surface area contributed by atoms with Crippen molar-refractivity contribution in [2.24, 2.45) is 5.73 Å². The zero-order chi connectivity index (χ0) is 8.85. The highest BCUT2D eigenvalue weighted by Gasteiger charge is 1.95. The van der Waals surface area contributed by atoms with E-state index in [1.807, 2.05) is 0 Å². The van der Waals surface area contributed by atoms with Crippen LogP contribution in [0.2, 0.25) is 0 Å². The topological polar surface area (TPSA) is 43.1 Å². The highest BCUT2D eigenvalue weighted by Crippen LogP contribution is 1.98. The predicted octanol–water partition coefficient (Wildman–Crippen LogP) is 1.55. The van der Waals surface area contributed by atoms with Gasteiger partial charge in [0.25, 0.3) is 0 Å². The van der Waals surface area contributed by atoms with Gasteiger partial charge in [0.05, 0.1) is 0 Å². The molecule has 2 heteroatoms. The number of hydrogen-bond acceptors (Lipinski definition) is 2. The Balaban J connectivity index is 4.34. The zero-order valence-electron chi connectivity index (χ0n) is 6.92. The Bertz CT molecular complexity index is 224. The quantitative estimate of drug-likeness (QED) is 0.491. The van der Waals surface area contributed by atoms with Gasteiger partial charge in [0.1, 0.15) is 0 Å². The second-order valence-electron chi connectivity index (χ2n) is 2.21. The lowest BCUT2D eigenvalue weighted by Gasteiger charge is -1.92. The van der Waals surface area contributed by atoms with Gasteiger partial charge in [0.2, 0.25) is 0 Å². The van der Waals surface area contributed by atoms with Crippen LogP contribution in [0.5, 0.6) is 0 Å². The number of hydrogen-bond donors (Lipinski definition) is 1. The third kappa shape index (κ3) is 4.14. The van der Waals surface area contributed by atoms with Crippen molar-refractivity contribution in [3.05, 3.63) is 36.1 Å². The van der Waals surface area contributed by atoms with Gasteiger partial charge >= 0.3 is 0 Å². The SMILES string of the molecule is C=C(N)/C=C\C(=C/C)C(C)=O. The van der Waals surface area contributed by atoms with E-state index in [9.17, 15) is 4.79 Å². The van der Waals surface area contributed by atoms with Gasteiger partial charge in [-0.2, -0.15) is 0 Å². The molecule has 0 aromatic carbocycles. The summed E-state index contributed by atoms with van der Waals surface area (Å²) >= 11 is 0. The third-order valence-electron chi connectivity index (χ3n) is 1.19. The summed E-state index contributed by atoms with van der Waals surface area (Å²) in [6, 6.07) is 0. The molecule has 0 aliphatic rings. The molecule has 0 bridgehead atoms. The molecule has 0 aromatic rings. The molecule has 0 atom stereocenters. The number of carbonyl (C=O) groups is 1. The van der Waals surface area contributed by atoms with Gasteiger partial charge in [-0.05, 0) is 26.0 Å². The summed E-state index contributed by atoms with van der Waals surface area (Å²) in [4.78, 5) is 10.8. The predicted molar refractivity (Wildman–Crippen MR) is 46.9 cm³/mol. The van der Waals surface area contributed by atoms with Crippen molar-refractivity contribution < 1.29 is 4.79 Å². The fraction of sp³-hybridized carbons (Fsp3) is 0.222. The molecule has 0 aliphatic heterocycles. The molecule has 0 aromatic heterocycles. The summed E-state index contributed by atoms with van der Waals surface area (Å²) < 4.78 is 0. The fourth-order valence-electron chi connectivity index (χ4n) is 0.614. The number of carbonyl (C=O) groups excluding carboxylic acids is 1. The maximum absolute atomic E-state index is 10.8. The molecule has 0 amide bonds. The first kappa shape index (κ1) is 9.69. The van der Waals surface area contributed by atoms with Crippen LogP contribution in [0.15, 0.2) is 36.1 Å². The second kappa shape index (κ2) is 4.50. The van der Waals surface area contributed by atoms with Crippen LogP contribution >= 0.6 is 0 Å². The van der Waals surface area contributed by atoms with E-state index in [4.69, 9.17) is 5.73 Å². The number of allylic oxidation sites excluding steroid dienone is 4. The van der Waals surface area contributed by atoms with Crippen LogP contribution in [0.4, 0.5) is 0 Å². The second-order valence-corrected chi connectivity index (χ2v) is 2.21. The molecule has 0 radical (unpaired) electrons. The number of nitrogens with two attached hydrogens (primary N) is 1. The van der Waals surface area contributed by atoms with Crippen molar-refractivity contribution in [3.8, 4) is 0 Å². The maximum Gasteiger partial charge on any atom is 0.159 e. The highest BCUT2D eigenvalue weighted by molar-refractivity contribution is 5.95. The number of rotatable bonds is 3. The molecule has 0 unspecified atom stereocenters. The van der Waals surface area contributed by atoms with Crippen molar-refractivity contribution in [1.29, 1.82) is 0 Å². The first-order chi connectivity index (χ1) is 5.07. The van der Waals surface area contributed by atoms with Crippen LogP contribution in [0.3, 0.4) is 0 Å². The van der Waals surface area contributed by atoms with Gasteiger partial charge in [-0.1, -0.05) is 12.7 Å².